The second-order valence-electron chi connectivity index (χ2n) is 4.06. The summed E-state index contributed by atoms with van der Waals surface area (Å²) in [6.45, 7) is 4.08. The van der Waals surface area contributed by atoms with Gasteiger partial charge in [0.1, 0.15) is 5.01 Å². The molecule has 0 fully saturated rings. The number of nitrogens with zero attached hydrogens (tertiary/aromatic N) is 2. The molecule has 0 bridgehead atoms. The van der Waals surface area contributed by atoms with E-state index in [1.54, 1.807) is 12.1 Å². The number of rotatable bonds is 3. The molecule has 0 radical (unpaired) electrons. The SMILES string of the molecule is CC(C)c1nnc(NC(=O)c2cccc(Br)c2)s1. The summed E-state index contributed by atoms with van der Waals surface area (Å²) in [5, 5.41) is 12.2. The number of hydrogen-bond donors (Lipinski definition) is 1. The summed E-state index contributed by atoms with van der Waals surface area (Å²) in [5.41, 5.74) is 0.589. The Morgan fingerprint density at radius 3 is 2.78 bits per heavy atom. The minimum absolute atomic E-state index is 0.178. The Morgan fingerprint density at radius 1 is 1.39 bits per heavy atom. The molecule has 6 heteroatoms. The molecule has 0 spiro atoms. The average Bonchev–Trinajstić information content (AvgIpc) is 2.77. The van der Waals surface area contributed by atoms with E-state index >= 15 is 0 Å². The van der Waals surface area contributed by atoms with Crippen molar-refractivity contribution in [3.8, 4) is 0 Å². The van der Waals surface area contributed by atoms with Crippen LogP contribution in [0.15, 0.2) is 28.7 Å². The van der Waals surface area contributed by atoms with E-state index < -0.39 is 0 Å². The lowest BCUT2D eigenvalue weighted by molar-refractivity contribution is 0.102. The first-order valence-corrected chi connectivity index (χ1v) is 7.07. The molecule has 0 atom stereocenters. The Balaban J connectivity index is 2.11. The van der Waals surface area contributed by atoms with Gasteiger partial charge in [0.2, 0.25) is 5.13 Å². The topological polar surface area (TPSA) is 54.9 Å². The fraction of sp³-hybridized carbons (Fsp3) is 0.250. The summed E-state index contributed by atoms with van der Waals surface area (Å²) in [5.74, 6) is 0.141. The van der Waals surface area contributed by atoms with E-state index in [4.69, 9.17) is 0 Å². The third-order valence-electron chi connectivity index (χ3n) is 2.24. The van der Waals surface area contributed by atoms with Gasteiger partial charge in [-0.3, -0.25) is 10.1 Å². The van der Waals surface area contributed by atoms with Crippen molar-refractivity contribution in [2.45, 2.75) is 19.8 Å². The van der Waals surface area contributed by atoms with Crippen molar-refractivity contribution < 1.29 is 4.79 Å². The summed E-state index contributed by atoms with van der Waals surface area (Å²) < 4.78 is 0.871. The van der Waals surface area contributed by atoms with Crippen molar-refractivity contribution in [1.82, 2.24) is 10.2 Å². The van der Waals surface area contributed by atoms with E-state index in [9.17, 15) is 4.79 Å². The second kappa shape index (κ2) is 5.58. The first-order chi connectivity index (χ1) is 8.56. The van der Waals surface area contributed by atoms with E-state index in [0.29, 0.717) is 16.6 Å². The fourth-order valence-electron chi connectivity index (χ4n) is 1.32. The fourth-order valence-corrected chi connectivity index (χ4v) is 2.46. The molecule has 0 saturated heterocycles. The van der Waals surface area contributed by atoms with Crippen molar-refractivity contribution in [1.29, 1.82) is 0 Å². The average molecular weight is 326 g/mol. The standard InChI is InChI=1S/C12H12BrN3OS/c1-7(2)11-15-16-12(18-11)14-10(17)8-4-3-5-9(13)6-8/h3-7H,1-2H3,(H,14,16,17). The molecule has 4 nitrogen and oxygen atoms in total. The number of halogens is 1. The van der Waals surface area contributed by atoms with Gasteiger partial charge in [-0.05, 0) is 18.2 Å². The molecule has 0 aliphatic carbocycles. The van der Waals surface area contributed by atoms with Gasteiger partial charge >= 0.3 is 0 Å². The molecule has 1 aromatic carbocycles. The zero-order chi connectivity index (χ0) is 13.1. The van der Waals surface area contributed by atoms with Crippen LogP contribution in [0.2, 0.25) is 0 Å². The lowest BCUT2D eigenvalue weighted by Crippen LogP contribution is -2.11. The quantitative estimate of drug-likeness (QED) is 0.936. The van der Waals surface area contributed by atoms with Crippen LogP contribution >= 0.6 is 27.3 Å². The Morgan fingerprint density at radius 2 is 2.17 bits per heavy atom. The van der Waals surface area contributed by atoms with Crippen molar-refractivity contribution >= 4 is 38.3 Å². The van der Waals surface area contributed by atoms with Crippen LogP contribution in [0.25, 0.3) is 0 Å². The van der Waals surface area contributed by atoms with E-state index in [2.05, 4.69) is 31.4 Å². The summed E-state index contributed by atoms with van der Waals surface area (Å²) in [6.07, 6.45) is 0. The number of aromatic nitrogens is 2. The molecule has 2 rings (SSSR count). The molecular formula is C12H12BrN3OS. The maximum atomic E-state index is 12.0. The van der Waals surface area contributed by atoms with Gasteiger partial charge in [0.15, 0.2) is 0 Å². The molecule has 0 unspecified atom stereocenters. The molecule has 1 heterocycles. The highest BCUT2D eigenvalue weighted by molar-refractivity contribution is 9.10. The van der Waals surface area contributed by atoms with Gasteiger partial charge in [-0.1, -0.05) is 47.2 Å². The first-order valence-electron chi connectivity index (χ1n) is 5.46. The lowest BCUT2D eigenvalue weighted by atomic mass is 10.2. The number of anilines is 1. The van der Waals surface area contributed by atoms with Crippen molar-refractivity contribution in [2.75, 3.05) is 5.32 Å². The van der Waals surface area contributed by atoms with Crippen LogP contribution in [0.1, 0.15) is 35.1 Å². The van der Waals surface area contributed by atoms with Gasteiger partial charge < -0.3 is 0 Å². The Hall–Kier alpha value is -1.27. The zero-order valence-electron chi connectivity index (χ0n) is 9.98. The molecule has 0 aliphatic heterocycles. The maximum Gasteiger partial charge on any atom is 0.257 e. The predicted molar refractivity (Wildman–Crippen MR) is 76.1 cm³/mol. The monoisotopic (exact) mass is 325 g/mol. The van der Waals surface area contributed by atoms with Crippen LogP contribution in [0.5, 0.6) is 0 Å². The van der Waals surface area contributed by atoms with E-state index in [0.717, 1.165) is 9.48 Å². The van der Waals surface area contributed by atoms with Crippen molar-refractivity contribution in [3.05, 3.63) is 39.3 Å². The molecular weight excluding hydrogens is 314 g/mol. The van der Waals surface area contributed by atoms with Crippen LogP contribution < -0.4 is 5.32 Å². The highest BCUT2D eigenvalue weighted by Crippen LogP contribution is 2.23. The summed E-state index contributed by atoms with van der Waals surface area (Å²) in [7, 11) is 0. The van der Waals surface area contributed by atoms with Crippen molar-refractivity contribution in [3.63, 3.8) is 0 Å². The molecule has 1 N–H and O–H groups in total. The molecule has 94 valence electrons. The van der Waals surface area contributed by atoms with Crippen LogP contribution in [0.3, 0.4) is 0 Å². The minimum Gasteiger partial charge on any atom is -0.296 e. The normalized spacial score (nSPS) is 10.7. The molecule has 1 aromatic heterocycles. The number of benzene rings is 1. The third kappa shape index (κ3) is 3.14. The number of hydrogen-bond acceptors (Lipinski definition) is 4. The zero-order valence-corrected chi connectivity index (χ0v) is 12.4. The molecule has 0 aliphatic rings. The Labute approximate surface area is 118 Å². The highest BCUT2D eigenvalue weighted by Gasteiger charge is 2.11. The number of carbonyl (C=O) groups excluding carboxylic acids is 1. The van der Waals surface area contributed by atoms with Gasteiger partial charge in [0, 0.05) is 16.0 Å². The van der Waals surface area contributed by atoms with Crippen molar-refractivity contribution in [2.24, 2.45) is 0 Å². The highest BCUT2D eigenvalue weighted by atomic mass is 79.9. The summed E-state index contributed by atoms with van der Waals surface area (Å²) >= 11 is 4.74. The Bertz CT molecular complexity index is 568. The van der Waals surface area contributed by atoms with Crippen LogP contribution in [-0.2, 0) is 0 Å². The van der Waals surface area contributed by atoms with E-state index in [1.807, 2.05) is 26.0 Å². The van der Waals surface area contributed by atoms with E-state index in [-0.39, 0.29) is 5.91 Å². The van der Waals surface area contributed by atoms with Gasteiger partial charge in [-0.25, -0.2) is 0 Å². The minimum atomic E-state index is -0.178. The van der Waals surface area contributed by atoms with Crippen LogP contribution in [0, 0.1) is 0 Å². The largest absolute Gasteiger partial charge is 0.296 e. The molecule has 0 saturated carbocycles. The smallest absolute Gasteiger partial charge is 0.257 e. The number of nitrogens with one attached hydrogen (secondary N) is 1. The van der Waals surface area contributed by atoms with Gasteiger partial charge in [-0.15, -0.1) is 10.2 Å². The lowest BCUT2D eigenvalue weighted by Gasteiger charge is -2.01. The molecule has 18 heavy (non-hydrogen) atoms. The number of carbonyl (C=O) groups is 1. The Kier molecular flexibility index (Phi) is 4.08. The molecule has 1 amide bonds. The third-order valence-corrected chi connectivity index (χ3v) is 3.87. The van der Waals surface area contributed by atoms with E-state index in [1.165, 1.54) is 11.3 Å². The van der Waals surface area contributed by atoms with Gasteiger partial charge in [0.05, 0.1) is 0 Å². The maximum absolute atomic E-state index is 12.0. The van der Waals surface area contributed by atoms with Gasteiger partial charge in [-0.2, -0.15) is 0 Å². The summed E-state index contributed by atoms with van der Waals surface area (Å²) in [6, 6.07) is 7.21. The van der Waals surface area contributed by atoms with Crippen LogP contribution in [-0.4, -0.2) is 16.1 Å². The van der Waals surface area contributed by atoms with Crippen LogP contribution in [0.4, 0.5) is 5.13 Å². The molecule has 2 aromatic rings. The second-order valence-corrected chi connectivity index (χ2v) is 5.99. The first kappa shape index (κ1) is 13.2. The predicted octanol–water partition coefficient (Wildman–Crippen LogP) is 3.68. The summed E-state index contributed by atoms with van der Waals surface area (Å²) in [4.78, 5) is 12.0. The number of amides is 1. The van der Waals surface area contributed by atoms with Gasteiger partial charge in [0.25, 0.3) is 5.91 Å².